The summed E-state index contributed by atoms with van der Waals surface area (Å²) in [6.45, 7) is 4.14. The molecule has 5 aromatic rings. The second-order valence-corrected chi connectivity index (χ2v) is 12.4. The van der Waals surface area contributed by atoms with Crippen LogP contribution < -0.4 is 9.80 Å². The fourth-order valence-corrected chi connectivity index (χ4v) is 7.50. The highest BCUT2D eigenvalue weighted by Crippen LogP contribution is 2.45. The first-order valence-corrected chi connectivity index (χ1v) is 15.7. The summed E-state index contributed by atoms with van der Waals surface area (Å²) in [6.07, 6.45) is 2.49. The van der Waals surface area contributed by atoms with E-state index in [1.165, 1.54) is 17.7 Å². The Morgan fingerprint density at radius 1 is 1.00 bits per heavy atom. The number of hydrogen-bond acceptors (Lipinski definition) is 5. The van der Waals surface area contributed by atoms with E-state index >= 15 is 0 Å². The molecule has 222 valence electrons. The van der Waals surface area contributed by atoms with Crippen molar-refractivity contribution in [3.8, 4) is 0 Å². The summed E-state index contributed by atoms with van der Waals surface area (Å²) in [4.78, 5) is 43.3. The number of hydrogen-bond donors (Lipinski definition) is 0. The number of thiophene rings is 1. The van der Waals surface area contributed by atoms with Gasteiger partial charge in [-0.05, 0) is 67.3 Å². The van der Waals surface area contributed by atoms with E-state index < -0.39 is 11.0 Å². The van der Waals surface area contributed by atoms with Gasteiger partial charge in [0.25, 0.3) is 17.5 Å². The second kappa shape index (κ2) is 12.2. The predicted octanol–water partition coefficient (Wildman–Crippen LogP) is 9.24. The van der Waals surface area contributed by atoms with Gasteiger partial charge in [0.05, 0.1) is 16.0 Å². The van der Waals surface area contributed by atoms with E-state index in [-0.39, 0.29) is 28.6 Å². The van der Waals surface area contributed by atoms with Crippen molar-refractivity contribution in [2.45, 2.75) is 45.2 Å². The summed E-state index contributed by atoms with van der Waals surface area (Å²) in [5.74, 6) is -0.387. The molecule has 0 saturated heterocycles. The summed E-state index contributed by atoms with van der Waals surface area (Å²) >= 11 is 7.93. The van der Waals surface area contributed by atoms with Crippen molar-refractivity contribution in [3.05, 3.63) is 134 Å². The molecule has 0 radical (unpaired) electrons. The third-order valence-electron chi connectivity index (χ3n) is 8.10. The lowest BCUT2D eigenvalue weighted by atomic mass is 9.89. The smallest absolute Gasteiger partial charge is 0.270 e. The Hall–Kier alpha value is -4.53. The standard InChI is InChI=1S/C35H30ClN3O4S/c1-3-9-23-14-16-24(17-15-23)34(40)37-22(2)20-30(27-12-7-8-13-29(27)37)38(25-10-5-4-6-11-25)35(41)33-32(36)28-19-18-26(39(42)43)21-31(28)44-33/h4-8,10-19,21-22,30H,3,9,20H2,1-2H3/t22-,30-/m0/s1. The molecule has 0 N–H and O–H groups in total. The largest absolute Gasteiger partial charge is 0.305 e. The normalized spacial score (nSPS) is 16.0. The molecule has 9 heteroatoms. The molecule has 4 aromatic carbocycles. The number of rotatable bonds is 7. The van der Waals surface area contributed by atoms with Crippen LogP contribution in [-0.4, -0.2) is 22.8 Å². The number of amides is 2. The predicted molar refractivity (Wildman–Crippen MR) is 177 cm³/mol. The Morgan fingerprint density at radius 2 is 1.70 bits per heavy atom. The van der Waals surface area contributed by atoms with Gasteiger partial charge in [-0.25, -0.2) is 0 Å². The van der Waals surface area contributed by atoms with E-state index in [0.29, 0.717) is 32.6 Å². The van der Waals surface area contributed by atoms with E-state index in [2.05, 4.69) is 6.92 Å². The highest BCUT2D eigenvalue weighted by molar-refractivity contribution is 7.21. The number of fused-ring (bicyclic) bond motifs is 2. The maximum Gasteiger partial charge on any atom is 0.270 e. The Balaban J connectivity index is 1.43. The Labute approximate surface area is 264 Å². The van der Waals surface area contributed by atoms with Gasteiger partial charge >= 0.3 is 0 Å². The molecule has 2 heterocycles. The van der Waals surface area contributed by atoms with E-state index in [4.69, 9.17) is 11.6 Å². The number of nitro benzene ring substituents is 1. The van der Waals surface area contributed by atoms with E-state index in [0.717, 1.165) is 35.4 Å². The van der Waals surface area contributed by atoms with Crippen LogP contribution in [0.25, 0.3) is 10.1 Å². The molecule has 0 fully saturated rings. The van der Waals surface area contributed by atoms with Crippen LogP contribution in [0.3, 0.4) is 0 Å². The topological polar surface area (TPSA) is 83.8 Å². The van der Waals surface area contributed by atoms with Crippen LogP contribution in [-0.2, 0) is 6.42 Å². The molecule has 0 aliphatic carbocycles. The first-order chi connectivity index (χ1) is 21.3. The van der Waals surface area contributed by atoms with Crippen LogP contribution in [0.15, 0.2) is 97.1 Å². The summed E-state index contributed by atoms with van der Waals surface area (Å²) in [5, 5.41) is 12.3. The van der Waals surface area contributed by atoms with Crippen molar-refractivity contribution in [2.24, 2.45) is 0 Å². The van der Waals surface area contributed by atoms with Crippen LogP contribution in [0.1, 0.15) is 63.9 Å². The van der Waals surface area contributed by atoms with Crippen LogP contribution in [0.2, 0.25) is 5.02 Å². The van der Waals surface area contributed by atoms with Crippen molar-refractivity contribution in [1.82, 2.24) is 0 Å². The number of nitrogens with zero attached hydrogens (tertiary/aromatic N) is 3. The third kappa shape index (κ3) is 5.36. The molecule has 0 unspecified atom stereocenters. The number of carbonyl (C=O) groups is 2. The van der Waals surface area contributed by atoms with Crippen molar-refractivity contribution >= 4 is 61.9 Å². The molecule has 0 saturated carbocycles. The molecule has 1 aliphatic heterocycles. The number of halogens is 1. The number of anilines is 2. The number of carbonyl (C=O) groups excluding carboxylic acids is 2. The Morgan fingerprint density at radius 3 is 2.41 bits per heavy atom. The molecular formula is C35H30ClN3O4S. The van der Waals surface area contributed by atoms with Gasteiger partial charge in [0.2, 0.25) is 0 Å². The van der Waals surface area contributed by atoms with Crippen LogP contribution >= 0.6 is 22.9 Å². The highest BCUT2D eigenvalue weighted by atomic mass is 35.5. The minimum atomic E-state index is -0.461. The van der Waals surface area contributed by atoms with Gasteiger partial charge in [-0.1, -0.05) is 73.5 Å². The zero-order valence-electron chi connectivity index (χ0n) is 24.3. The quantitative estimate of drug-likeness (QED) is 0.134. The average molecular weight is 624 g/mol. The molecule has 7 nitrogen and oxygen atoms in total. The minimum Gasteiger partial charge on any atom is -0.305 e. The number of nitro groups is 1. The van der Waals surface area contributed by atoms with Gasteiger partial charge in [0.1, 0.15) is 4.88 Å². The average Bonchev–Trinajstić information content (AvgIpc) is 3.37. The molecule has 6 rings (SSSR count). The zero-order chi connectivity index (χ0) is 31.0. The fraction of sp³-hybridized carbons (Fsp3) is 0.200. The van der Waals surface area contributed by atoms with Crippen molar-refractivity contribution in [3.63, 3.8) is 0 Å². The number of para-hydroxylation sites is 2. The summed E-state index contributed by atoms with van der Waals surface area (Å²) < 4.78 is 0.569. The Bertz CT molecular complexity index is 1870. The SMILES string of the molecule is CCCc1ccc(C(=O)N2c3ccccc3[C@@H](N(C(=O)c3sc4cc([N+](=O)[O-])ccc4c3Cl)c3ccccc3)C[C@@H]2C)cc1. The summed E-state index contributed by atoms with van der Waals surface area (Å²) in [5.41, 5.74) is 4.05. The molecule has 1 aliphatic rings. The van der Waals surface area contributed by atoms with Gasteiger partial charge in [0.15, 0.2) is 0 Å². The molecule has 0 bridgehead atoms. The maximum absolute atomic E-state index is 14.5. The molecule has 1 aromatic heterocycles. The lowest BCUT2D eigenvalue weighted by Crippen LogP contribution is -2.47. The first kappa shape index (κ1) is 29.5. The van der Waals surface area contributed by atoms with Gasteiger partial charge in [0, 0.05) is 45.2 Å². The van der Waals surface area contributed by atoms with Gasteiger partial charge in [-0.15, -0.1) is 11.3 Å². The first-order valence-electron chi connectivity index (χ1n) is 14.5. The Kier molecular flexibility index (Phi) is 8.21. The van der Waals surface area contributed by atoms with Crippen molar-refractivity contribution in [1.29, 1.82) is 0 Å². The minimum absolute atomic E-state index is 0.0610. The van der Waals surface area contributed by atoms with Crippen LogP contribution in [0.5, 0.6) is 0 Å². The summed E-state index contributed by atoms with van der Waals surface area (Å²) in [6, 6.07) is 28.7. The molecule has 44 heavy (non-hydrogen) atoms. The lowest BCUT2D eigenvalue weighted by Gasteiger charge is -2.43. The molecule has 0 spiro atoms. The van der Waals surface area contributed by atoms with Crippen molar-refractivity contribution < 1.29 is 14.5 Å². The van der Waals surface area contributed by atoms with Gasteiger partial charge in [-0.2, -0.15) is 0 Å². The number of non-ortho nitro benzene ring substituents is 1. The number of benzene rings is 4. The summed E-state index contributed by atoms with van der Waals surface area (Å²) in [7, 11) is 0. The van der Waals surface area contributed by atoms with Crippen LogP contribution in [0.4, 0.5) is 17.1 Å². The highest BCUT2D eigenvalue weighted by Gasteiger charge is 2.40. The monoisotopic (exact) mass is 623 g/mol. The van der Waals surface area contributed by atoms with Crippen molar-refractivity contribution in [2.75, 3.05) is 9.80 Å². The zero-order valence-corrected chi connectivity index (χ0v) is 25.8. The third-order valence-corrected chi connectivity index (χ3v) is 9.75. The molecule has 2 atom stereocenters. The number of aryl methyl sites for hydroxylation is 1. The van der Waals surface area contributed by atoms with Gasteiger partial charge < -0.3 is 4.90 Å². The van der Waals surface area contributed by atoms with Crippen LogP contribution in [0, 0.1) is 10.1 Å². The lowest BCUT2D eigenvalue weighted by molar-refractivity contribution is -0.384. The maximum atomic E-state index is 14.5. The van der Waals surface area contributed by atoms with E-state index in [1.54, 1.807) is 11.0 Å². The van der Waals surface area contributed by atoms with Gasteiger partial charge in [-0.3, -0.25) is 24.6 Å². The molecule has 2 amide bonds. The van der Waals surface area contributed by atoms with E-state index in [9.17, 15) is 19.7 Å². The molecular weight excluding hydrogens is 594 g/mol. The van der Waals surface area contributed by atoms with E-state index in [1.807, 2.05) is 90.7 Å². The second-order valence-electron chi connectivity index (χ2n) is 11.0. The fourth-order valence-electron chi connectivity index (χ4n) is 6.02.